The normalized spacial score (nSPS) is 23.2. The highest BCUT2D eigenvalue weighted by Crippen LogP contribution is 2.60. The molecular weight excluding hydrogens is 364 g/mol. The molecule has 0 aromatic heterocycles. The minimum Gasteiger partial charge on any atom is -0.409 e. The SMILES string of the molecule is CC(C)(C)[Si]1(C(C)(C)C)C[C@H](Sc2ccccc2)C[C@H](c2ccccc2)O1. The summed E-state index contributed by atoms with van der Waals surface area (Å²) in [5.41, 5.74) is 1.33. The van der Waals surface area contributed by atoms with Crippen LogP contribution in [0.4, 0.5) is 0 Å². The lowest BCUT2D eigenvalue weighted by Gasteiger charge is -2.56. The molecule has 27 heavy (non-hydrogen) atoms. The largest absolute Gasteiger partial charge is 0.409 e. The van der Waals surface area contributed by atoms with Gasteiger partial charge in [-0.3, -0.25) is 0 Å². The molecule has 0 aliphatic carbocycles. The molecule has 0 N–H and O–H groups in total. The second-order valence-electron chi connectivity index (χ2n) is 9.84. The molecule has 1 saturated heterocycles. The van der Waals surface area contributed by atoms with Crippen LogP contribution in [0.25, 0.3) is 0 Å². The van der Waals surface area contributed by atoms with Gasteiger partial charge in [0.05, 0.1) is 6.10 Å². The van der Waals surface area contributed by atoms with Gasteiger partial charge in [0.1, 0.15) is 0 Å². The lowest BCUT2D eigenvalue weighted by Crippen LogP contribution is -2.59. The Hall–Kier alpha value is -1.03. The molecule has 1 nitrogen and oxygen atoms in total. The van der Waals surface area contributed by atoms with Crippen molar-refractivity contribution in [3.63, 3.8) is 0 Å². The van der Waals surface area contributed by atoms with Crippen LogP contribution in [0.3, 0.4) is 0 Å². The molecule has 1 aliphatic heterocycles. The van der Waals surface area contributed by atoms with Crippen LogP contribution < -0.4 is 0 Å². The maximum atomic E-state index is 7.18. The molecule has 2 aromatic carbocycles. The van der Waals surface area contributed by atoms with Gasteiger partial charge < -0.3 is 4.43 Å². The molecule has 1 heterocycles. The van der Waals surface area contributed by atoms with Crippen molar-refractivity contribution in [3.8, 4) is 0 Å². The van der Waals surface area contributed by atoms with Gasteiger partial charge >= 0.3 is 0 Å². The minimum absolute atomic E-state index is 0.189. The van der Waals surface area contributed by atoms with E-state index in [-0.39, 0.29) is 16.2 Å². The first-order valence-corrected chi connectivity index (χ1v) is 13.1. The molecular formula is C24H34OSSi. The van der Waals surface area contributed by atoms with Crippen molar-refractivity contribution in [2.45, 2.75) is 80.3 Å². The van der Waals surface area contributed by atoms with Gasteiger partial charge in [-0.1, -0.05) is 90.1 Å². The predicted molar refractivity (Wildman–Crippen MR) is 121 cm³/mol. The Morgan fingerprint density at radius 1 is 0.815 bits per heavy atom. The Morgan fingerprint density at radius 3 is 1.85 bits per heavy atom. The van der Waals surface area contributed by atoms with Gasteiger partial charge in [0.15, 0.2) is 0 Å². The van der Waals surface area contributed by atoms with E-state index in [1.165, 1.54) is 16.5 Å². The molecule has 3 rings (SSSR count). The van der Waals surface area contributed by atoms with Crippen LogP contribution in [-0.4, -0.2) is 13.6 Å². The fourth-order valence-electron chi connectivity index (χ4n) is 4.73. The zero-order valence-corrected chi connectivity index (χ0v) is 19.5. The maximum Gasteiger partial charge on any atom is 0.205 e. The molecule has 0 spiro atoms. The van der Waals surface area contributed by atoms with Crippen LogP contribution in [0, 0.1) is 0 Å². The van der Waals surface area contributed by atoms with Gasteiger partial charge in [0.2, 0.25) is 8.32 Å². The van der Waals surface area contributed by atoms with Crippen molar-refractivity contribution in [1.29, 1.82) is 0 Å². The third-order valence-electron chi connectivity index (χ3n) is 5.98. The molecule has 3 heteroatoms. The first kappa shape index (κ1) is 20.7. The molecule has 1 aliphatic rings. The van der Waals surface area contributed by atoms with E-state index in [0.29, 0.717) is 5.25 Å². The van der Waals surface area contributed by atoms with Gasteiger partial charge in [-0.05, 0) is 40.2 Å². The van der Waals surface area contributed by atoms with Crippen LogP contribution in [0.1, 0.15) is 59.6 Å². The van der Waals surface area contributed by atoms with Crippen molar-refractivity contribution in [2.24, 2.45) is 0 Å². The van der Waals surface area contributed by atoms with Crippen LogP contribution in [0.5, 0.6) is 0 Å². The fourth-order valence-corrected chi connectivity index (χ4v) is 12.5. The molecule has 146 valence electrons. The third kappa shape index (κ3) is 4.36. The number of hydrogen-bond acceptors (Lipinski definition) is 2. The number of hydrogen-bond donors (Lipinski definition) is 0. The standard InChI is InChI=1S/C24H34OSSi/c1-23(2,3)27(24(4,5)6)18-21(26-20-15-11-8-12-16-20)17-22(25-27)19-13-9-7-10-14-19/h7-16,21-22H,17-18H2,1-6H3/t21-,22-/m1/s1. The highest BCUT2D eigenvalue weighted by molar-refractivity contribution is 8.00. The Balaban J connectivity index is 2.00. The Kier molecular flexibility index (Phi) is 5.95. The topological polar surface area (TPSA) is 9.23 Å². The van der Waals surface area contributed by atoms with Gasteiger partial charge in [0.25, 0.3) is 0 Å². The summed E-state index contributed by atoms with van der Waals surface area (Å²) in [6, 6.07) is 23.0. The summed E-state index contributed by atoms with van der Waals surface area (Å²) in [6.07, 6.45) is 1.29. The summed E-state index contributed by atoms with van der Waals surface area (Å²) in [4.78, 5) is 1.38. The van der Waals surface area contributed by atoms with Gasteiger partial charge in [0, 0.05) is 10.1 Å². The molecule has 0 saturated carbocycles. The summed E-state index contributed by atoms with van der Waals surface area (Å²) < 4.78 is 7.18. The molecule has 2 aromatic rings. The van der Waals surface area contributed by atoms with Crippen LogP contribution in [0.15, 0.2) is 65.6 Å². The maximum absolute atomic E-state index is 7.18. The highest BCUT2D eigenvalue weighted by Gasteiger charge is 2.59. The van der Waals surface area contributed by atoms with Crippen LogP contribution >= 0.6 is 11.8 Å². The second kappa shape index (κ2) is 7.77. The summed E-state index contributed by atoms with van der Waals surface area (Å²) in [5.74, 6) is 0. The molecule has 0 amide bonds. The fraction of sp³-hybridized carbons (Fsp3) is 0.500. The van der Waals surface area contributed by atoms with Gasteiger partial charge in [-0.2, -0.15) is 0 Å². The molecule has 0 radical (unpaired) electrons. The van der Waals surface area contributed by atoms with Crippen molar-refractivity contribution in [3.05, 3.63) is 66.2 Å². The summed E-state index contributed by atoms with van der Waals surface area (Å²) >= 11 is 2.05. The van der Waals surface area contributed by atoms with Crippen LogP contribution in [-0.2, 0) is 4.43 Å². The number of rotatable bonds is 3. The predicted octanol–water partition coefficient (Wildman–Crippen LogP) is 7.85. The van der Waals surface area contributed by atoms with Crippen LogP contribution in [0.2, 0.25) is 16.1 Å². The van der Waals surface area contributed by atoms with E-state index in [9.17, 15) is 0 Å². The number of thioether (sulfide) groups is 1. The van der Waals surface area contributed by atoms with Gasteiger partial charge in [-0.15, -0.1) is 11.8 Å². The second-order valence-corrected chi connectivity index (χ2v) is 16.5. The Labute approximate surface area is 171 Å². The zero-order valence-electron chi connectivity index (χ0n) is 17.7. The van der Waals surface area contributed by atoms with Gasteiger partial charge in [-0.25, -0.2) is 0 Å². The first-order valence-electron chi connectivity index (χ1n) is 10.1. The minimum atomic E-state index is -2.07. The van der Waals surface area contributed by atoms with Crippen molar-refractivity contribution >= 4 is 20.1 Å². The van der Waals surface area contributed by atoms with E-state index in [4.69, 9.17) is 4.43 Å². The van der Waals surface area contributed by atoms with Crippen molar-refractivity contribution in [2.75, 3.05) is 0 Å². The van der Waals surface area contributed by atoms with Crippen molar-refractivity contribution < 1.29 is 4.43 Å². The van der Waals surface area contributed by atoms with E-state index in [1.54, 1.807) is 0 Å². The summed E-state index contributed by atoms with van der Waals surface area (Å²) in [7, 11) is -2.07. The lowest BCUT2D eigenvalue weighted by molar-refractivity contribution is 0.135. The van der Waals surface area contributed by atoms with E-state index in [2.05, 4.69) is 114 Å². The quantitative estimate of drug-likeness (QED) is 0.487. The number of benzene rings is 2. The first-order chi connectivity index (χ1) is 12.6. The average molecular weight is 399 g/mol. The molecule has 0 unspecified atom stereocenters. The molecule has 2 atom stereocenters. The summed E-state index contributed by atoms with van der Waals surface area (Å²) in [6.45, 7) is 14.4. The molecule has 0 bridgehead atoms. The van der Waals surface area contributed by atoms with E-state index in [0.717, 1.165) is 6.42 Å². The zero-order chi connectivity index (χ0) is 19.7. The Morgan fingerprint density at radius 2 is 1.33 bits per heavy atom. The van der Waals surface area contributed by atoms with Crippen molar-refractivity contribution in [1.82, 2.24) is 0 Å². The average Bonchev–Trinajstić information content (AvgIpc) is 2.61. The Bertz CT molecular complexity index is 716. The molecule has 1 fully saturated rings. The lowest BCUT2D eigenvalue weighted by atomic mass is 10.1. The monoisotopic (exact) mass is 398 g/mol. The smallest absolute Gasteiger partial charge is 0.205 e. The van der Waals surface area contributed by atoms with E-state index in [1.807, 2.05) is 0 Å². The third-order valence-corrected chi connectivity index (χ3v) is 14.1. The summed E-state index contributed by atoms with van der Waals surface area (Å²) in [5, 5.41) is 0.971. The highest BCUT2D eigenvalue weighted by atomic mass is 32.2. The van der Waals surface area contributed by atoms with E-state index >= 15 is 0 Å². The van der Waals surface area contributed by atoms with E-state index < -0.39 is 8.32 Å².